The number of Topliss-reactive ketones (excluding diaryl/α,β-unsaturated/α-hetero) is 1. The summed E-state index contributed by atoms with van der Waals surface area (Å²) in [4.78, 5) is 24.7. The predicted molar refractivity (Wildman–Crippen MR) is 76.3 cm³/mol. The quantitative estimate of drug-likeness (QED) is 0.786. The van der Waals surface area contributed by atoms with Crippen molar-refractivity contribution < 1.29 is 9.59 Å². The maximum atomic E-state index is 11.9. The van der Waals surface area contributed by atoms with Crippen LogP contribution in [0.2, 0.25) is 10.0 Å². The minimum absolute atomic E-state index is 0.108. The van der Waals surface area contributed by atoms with Gasteiger partial charge in [0, 0.05) is 32.0 Å². The van der Waals surface area contributed by atoms with Crippen LogP contribution in [0.5, 0.6) is 0 Å². The van der Waals surface area contributed by atoms with Gasteiger partial charge >= 0.3 is 0 Å². The number of halogens is 2. The lowest BCUT2D eigenvalue weighted by molar-refractivity contribution is -0.130. The van der Waals surface area contributed by atoms with E-state index in [4.69, 9.17) is 23.2 Å². The second-order valence-corrected chi connectivity index (χ2v) is 5.13. The molecule has 0 bridgehead atoms. The number of likely N-dealkylation sites (tertiary alicyclic amines) is 1. The highest BCUT2D eigenvalue weighted by molar-refractivity contribution is 6.42. The lowest BCUT2D eigenvalue weighted by Crippen LogP contribution is -2.37. The van der Waals surface area contributed by atoms with E-state index in [0.29, 0.717) is 41.5 Å². The Hall–Kier alpha value is -1.32. The molecule has 1 aliphatic heterocycles. The Kier molecular flexibility index (Phi) is 4.61. The van der Waals surface area contributed by atoms with Crippen LogP contribution < -0.4 is 0 Å². The molecule has 2 rings (SSSR count). The lowest BCUT2D eigenvalue weighted by atomic mass is 10.1. The van der Waals surface area contributed by atoms with Crippen LogP contribution in [-0.2, 0) is 9.59 Å². The highest BCUT2D eigenvalue weighted by atomic mass is 35.5. The fourth-order valence-electron chi connectivity index (χ4n) is 1.89. The van der Waals surface area contributed by atoms with E-state index in [0.717, 1.165) is 0 Å². The molecule has 19 heavy (non-hydrogen) atoms. The topological polar surface area (TPSA) is 37.4 Å². The molecule has 1 aromatic carbocycles. The third-order valence-corrected chi connectivity index (χ3v) is 3.85. The van der Waals surface area contributed by atoms with Gasteiger partial charge in [0.15, 0.2) is 0 Å². The molecule has 0 unspecified atom stereocenters. The van der Waals surface area contributed by atoms with Crippen molar-refractivity contribution in [1.29, 1.82) is 0 Å². The van der Waals surface area contributed by atoms with Gasteiger partial charge in [-0.1, -0.05) is 35.3 Å². The van der Waals surface area contributed by atoms with E-state index in [9.17, 15) is 9.59 Å². The molecule has 0 saturated carbocycles. The Morgan fingerprint density at radius 1 is 1.21 bits per heavy atom. The largest absolute Gasteiger partial charge is 0.338 e. The van der Waals surface area contributed by atoms with E-state index in [-0.39, 0.29) is 11.7 Å². The first kappa shape index (κ1) is 14.1. The van der Waals surface area contributed by atoms with Gasteiger partial charge < -0.3 is 4.90 Å². The Bertz CT molecular complexity index is 530. The summed E-state index contributed by atoms with van der Waals surface area (Å²) in [5.74, 6) is 0.106. The van der Waals surface area contributed by atoms with Gasteiger partial charge in [0.2, 0.25) is 5.91 Å². The van der Waals surface area contributed by atoms with Crippen molar-refractivity contribution in [2.45, 2.75) is 12.8 Å². The number of hydrogen-bond donors (Lipinski definition) is 0. The average Bonchev–Trinajstić information content (AvgIpc) is 2.41. The van der Waals surface area contributed by atoms with Crippen LogP contribution in [0.15, 0.2) is 24.3 Å². The van der Waals surface area contributed by atoms with Crippen LogP contribution in [0.25, 0.3) is 6.08 Å². The summed E-state index contributed by atoms with van der Waals surface area (Å²) in [6.07, 6.45) is 4.00. The summed E-state index contributed by atoms with van der Waals surface area (Å²) in [6, 6.07) is 5.26. The van der Waals surface area contributed by atoms with E-state index in [1.807, 2.05) is 0 Å². The molecule has 0 aliphatic carbocycles. The van der Waals surface area contributed by atoms with Gasteiger partial charge in [0.25, 0.3) is 0 Å². The summed E-state index contributed by atoms with van der Waals surface area (Å²) in [5.41, 5.74) is 0.704. The first-order valence-corrected chi connectivity index (χ1v) is 6.76. The van der Waals surface area contributed by atoms with E-state index < -0.39 is 0 Å². The zero-order chi connectivity index (χ0) is 13.8. The molecule has 1 heterocycles. The van der Waals surface area contributed by atoms with Gasteiger partial charge in [-0.3, -0.25) is 9.59 Å². The van der Waals surface area contributed by atoms with Gasteiger partial charge in [-0.05, 0) is 17.7 Å². The van der Waals surface area contributed by atoms with Crippen molar-refractivity contribution in [1.82, 2.24) is 4.90 Å². The molecule has 0 N–H and O–H groups in total. The third kappa shape index (κ3) is 3.58. The molecule has 1 amide bonds. The van der Waals surface area contributed by atoms with Gasteiger partial charge in [-0.2, -0.15) is 0 Å². The Labute approximate surface area is 121 Å². The Morgan fingerprint density at radius 3 is 2.58 bits per heavy atom. The molecular weight excluding hydrogens is 285 g/mol. The van der Waals surface area contributed by atoms with E-state index in [1.165, 1.54) is 6.08 Å². The number of amides is 1. The molecule has 100 valence electrons. The molecule has 0 atom stereocenters. The highest BCUT2D eigenvalue weighted by Crippen LogP contribution is 2.26. The maximum Gasteiger partial charge on any atom is 0.246 e. The van der Waals surface area contributed by atoms with Gasteiger partial charge in [0.1, 0.15) is 5.78 Å². The second-order valence-electron chi connectivity index (χ2n) is 4.34. The average molecular weight is 298 g/mol. The van der Waals surface area contributed by atoms with Gasteiger partial charge in [-0.25, -0.2) is 0 Å². The van der Waals surface area contributed by atoms with Crippen molar-refractivity contribution in [3.05, 3.63) is 39.9 Å². The number of nitrogens with zero attached hydrogens (tertiary/aromatic N) is 1. The molecule has 1 aliphatic rings. The maximum absolute atomic E-state index is 11.9. The molecule has 0 radical (unpaired) electrons. The number of ketones is 1. The zero-order valence-corrected chi connectivity index (χ0v) is 11.7. The van der Waals surface area contributed by atoms with Crippen molar-refractivity contribution in [3.63, 3.8) is 0 Å². The number of piperidine rings is 1. The summed E-state index contributed by atoms with van der Waals surface area (Å²) < 4.78 is 0. The first-order chi connectivity index (χ1) is 9.08. The van der Waals surface area contributed by atoms with Crippen LogP contribution in [0, 0.1) is 0 Å². The molecule has 1 fully saturated rings. The fourth-order valence-corrected chi connectivity index (χ4v) is 2.26. The van der Waals surface area contributed by atoms with Crippen LogP contribution in [-0.4, -0.2) is 29.7 Å². The SMILES string of the molecule is O=C1CCN(C(=O)C=Cc2cccc(Cl)c2Cl)CC1. The monoisotopic (exact) mass is 297 g/mol. The predicted octanol–water partition coefficient (Wildman–Crippen LogP) is 3.20. The van der Waals surface area contributed by atoms with Gasteiger partial charge in [-0.15, -0.1) is 0 Å². The van der Waals surface area contributed by atoms with E-state index in [1.54, 1.807) is 29.2 Å². The summed E-state index contributed by atoms with van der Waals surface area (Å²) in [7, 11) is 0. The molecule has 1 aromatic rings. The van der Waals surface area contributed by atoms with Crippen molar-refractivity contribution in [3.8, 4) is 0 Å². The van der Waals surface area contributed by atoms with Crippen LogP contribution in [0.4, 0.5) is 0 Å². The minimum atomic E-state index is -0.108. The fraction of sp³-hybridized carbons (Fsp3) is 0.286. The molecule has 1 saturated heterocycles. The molecule has 0 spiro atoms. The lowest BCUT2D eigenvalue weighted by Gasteiger charge is -2.24. The first-order valence-electron chi connectivity index (χ1n) is 6.00. The minimum Gasteiger partial charge on any atom is -0.338 e. The summed E-state index contributed by atoms with van der Waals surface area (Å²) >= 11 is 11.9. The van der Waals surface area contributed by atoms with Crippen molar-refractivity contribution in [2.75, 3.05) is 13.1 Å². The Morgan fingerprint density at radius 2 is 1.89 bits per heavy atom. The van der Waals surface area contributed by atoms with Crippen LogP contribution >= 0.6 is 23.2 Å². The Balaban J connectivity index is 2.04. The zero-order valence-electron chi connectivity index (χ0n) is 10.2. The number of rotatable bonds is 2. The smallest absolute Gasteiger partial charge is 0.246 e. The van der Waals surface area contributed by atoms with E-state index in [2.05, 4.69) is 0 Å². The van der Waals surface area contributed by atoms with Crippen LogP contribution in [0.1, 0.15) is 18.4 Å². The number of benzene rings is 1. The highest BCUT2D eigenvalue weighted by Gasteiger charge is 2.18. The molecular formula is C14H13Cl2NO2. The molecule has 5 heteroatoms. The number of hydrogen-bond acceptors (Lipinski definition) is 2. The summed E-state index contributed by atoms with van der Waals surface area (Å²) in [5, 5.41) is 0.891. The molecule has 3 nitrogen and oxygen atoms in total. The van der Waals surface area contributed by atoms with Gasteiger partial charge in [0.05, 0.1) is 10.0 Å². The molecule has 0 aromatic heterocycles. The third-order valence-electron chi connectivity index (χ3n) is 3.02. The van der Waals surface area contributed by atoms with Crippen LogP contribution in [0.3, 0.4) is 0 Å². The van der Waals surface area contributed by atoms with E-state index >= 15 is 0 Å². The van der Waals surface area contributed by atoms with Crippen molar-refractivity contribution >= 4 is 41.0 Å². The van der Waals surface area contributed by atoms with Crippen molar-refractivity contribution in [2.24, 2.45) is 0 Å². The standard InChI is InChI=1S/C14H13Cl2NO2/c15-12-3-1-2-10(14(12)16)4-5-13(19)17-8-6-11(18)7-9-17/h1-5H,6-9H2. The number of carbonyl (C=O) groups excluding carboxylic acids is 2. The normalized spacial score (nSPS) is 16.1. The second kappa shape index (κ2) is 6.22. The number of carbonyl (C=O) groups is 2. The summed E-state index contributed by atoms with van der Waals surface area (Å²) in [6.45, 7) is 0.983.